The Balaban J connectivity index is 1.62. The van der Waals surface area contributed by atoms with Gasteiger partial charge in [-0.15, -0.1) is 23.5 Å². The summed E-state index contributed by atoms with van der Waals surface area (Å²) in [5.74, 6) is 2.12. The van der Waals surface area contributed by atoms with Crippen molar-refractivity contribution in [3.8, 4) is 0 Å². The monoisotopic (exact) mass is 338 g/mol. The molecule has 1 atom stereocenters. The highest BCUT2D eigenvalue weighted by Gasteiger charge is 2.34. The maximum atomic E-state index is 12.2. The summed E-state index contributed by atoms with van der Waals surface area (Å²) in [6, 6.07) is 7.29. The standard InChI is InChI=1S/C15H18N2O3S2/c18-13(12-2-1-7-17(12)15(19)20)16-11-5-3-10(4-6-11)14-21-8-9-22-14/h3-6,12,14H,1-2,7-9H2,(H,16,18)(H,19,20). The third-order valence-electron chi connectivity index (χ3n) is 3.87. The van der Waals surface area contributed by atoms with Crippen LogP contribution in [0.4, 0.5) is 10.5 Å². The summed E-state index contributed by atoms with van der Waals surface area (Å²) in [5, 5.41) is 11.9. The van der Waals surface area contributed by atoms with Crippen molar-refractivity contribution >= 4 is 41.2 Å². The molecule has 22 heavy (non-hydrogen) atoms. The molecule has 1 unspecified atom stereocenters. The van der Waals surface area contributed by atoms with Gasteiger partial charge in [0.25, 0.3) is 0 Å². The summed E-state index contributed by atoms with van der Waals surface area (Å²) < 4.78 is 0.488. The summed E-state index contributed by atoms with van der Waals surface area (Å²) >= 11 is 3.89. The minimum atomic E-state index is -1.02. The van der Waals surface area contributed by atoms with Gasteiger partial charge in [0, 0.05) is 23.7 Å². The van der Waals surface area contributed by atoms with Crippen LogP contribution < -0.4 is 5.32 Å². The fourth-order valence-electron chi connectivity index (χ4n) is 2.77. The van der Waals surface area contributed by atoms with E-state index in [-0.39, 0.29) is 5.91 Å². The predicted molar refractivity (Wildman–Crippen MR) is 90.5 cm³/mol. The van der Waals surface area contributed by atoms with Crippen molar-refractivity contribution < 1.29 is 14.7 Å². The van der Waals surface area contributed by atoms with E-state index in [2.05, 4.69) is 5.32 Å². The lowest BCUT2D eigenvalue weighted by Crippen LogP contribution is -2.42. The number of amides is 2. The van der Waals surface area contributed by atoms with E-state index >= 15 is 0 Å². The molecule has 3 rings (SSSR count). The van der Waals surface area contributed by atoms with Crippen LogP contribution >= 0.6 is 23.5 Å². The maximum absolute atomic E-state index is 12.2. The third kappa shape index (κ3) is 3.35. The SMILES string of the molecule is O=C(Nc1ccc(C2SCCS2)cc1)C1CCCN1C(=O)O. The summed E-state index contributed by atoms with van der Waals surface area (Å²) in [6.45, 7) is 0.433. The van der Waals surface area contributed by atoms with Crippen LogP contribution in [0.1, 0.15) is 23.0 Å². The van der Waals surface area contributed by atoms with Gasteiger partial charge in [-0.1, -0.05) is 12.1 Å². The first kappa shape index (κ1) is 15.6. The van der Waals surface area contributed by atoms with Gasteiger partial charge in [0.05, 0.1) is 4.58 Å². The third-order valence-corrected chi connectivity index (χ3v) is 6.98. The number of carbonyl (C=O) groups is 2. The molecule has 2 saturated heterocycles. The van der Waals surface area contributed by atoms with Gasteiger partial charge >= 0.3 is 6.09 Å². The van der Waals surface area contributed by atoms with Crippen molar-refractivity contribution in [3.63, 3.8) is 0 Å². The number of nitrogens with one attached hydrogen (secondary N) is 1. The minimum absolute atomic E-state index is 0.239. The van der Waals surface area contributed by atoms with Crippen LogP contribution in [0.3, 0.4) is 0 Å². The Hall–Kier alpha value is -1.34. The molecule has 0 saturated carbocycles. The molecule has 0 aliphatic carbocycles. The van der Waals surface area contributed by atoms with E-state index in [0.29, 0.717) is 17.5 Å². The van der Waals surface area contributed by atoms with Crippen LogP contribution in [-0.2, 0) is 4.79 Å². The summed E-state index contributed by atoms with van der Waals surface area (Å²) in [7, 11) is 0. The van der Waals surface area contributed by atoms with Crippen LogP contribution in [0.15, 0.2) is 24.3 Å². The number of nitrogens with zero attached hydrogens (tertiary/aromatic N) is 1. The molecule has 0 bridgehead atoms. The van der Waals surface area contributed by atoms with Crippen LogP contribution in [0.25, 0.3) is 0 Å². The first-order valence-electron chi connectivity index (χ1n) is 7.29. The number of thioether (sulfide) groups is 2. The molecular formula is C15H18N2O3S2. The summed E-state index contributed by atoms with van der Waals surface area (Å²) in [4.78, 5) is 24.6. The van der Waals surface area contributed by atoms with Crippen molar-refractivity contribution in [3.05, 3.63) is 29.8 Å². The number of benzene rings is 1. The maximum Gasteiger partial charge on any atom is 0.407 e. The van der Waals surface area contributed by atoms with Gasteiger partial charge in [-0.05, 0) is 30.5 Å². The van der Waals surface area contributed by atoms with Crippen molar-refractivity contribution in [2.24, 2.45) is 0 Å². The Morgan fingerprint density at radius 1 is 1.18 bits per heavy atom. The fraction of sp³-hybridized carbons (Fsp3) is 0.467. The number of rotatable bonds is 3. The zero-order chi connectivity index (χ0) is 15.5. The predicted octanol–water partition coefficient (Wildman–Crippen LogP) is 3.25. The van der Waals surface area contributed by atoms with Gasteiger partial charge in [0.2, 0.25) is 5.91 Å². The van der Waals surface area contributed by atoms with E-state index in [1.807, 2.05) is 47.8 Å². The van der Waals surface area contributed by atoms with E-state index < -0.39 is 12.1 Å². The molecule has 118 valence electrons. The van der Waals surface area contributed by atoms with Crippen molar-refractivity contribution in [2.75, 3.05) is 23.4 Å². The van der Waals surface area contributed by atoms with E-state index in [9.17, 15) is 9.59 Å². The van der Waals surface area contributed by atoms with Crippen molar-refractivity contribution in [1.29, 1.82) is 0 Å². The van der Waals surface area contributed by atoms with E-state index in [4.69, 9.17) is 5.11 Å². The van der Waals surface area contributed by atoms with Gasteiger partial charge in [-0.25, -0.2) is 4.79 Å². The van der Waals surface area contributed by atoms with E-state index in [0.717, 1.165) is 12.1 Å². The number of likely N-dealkylation sites (tertiary alicyclic amines) is 1. The fourth-order valence-corrected chi connectivity index (χ4v) is 5.63. The average molecular weight is 338 g/mol. The molecule has 2 heterocycles. The lowest BCUT2D eigenvalue weighted by Gasteiger charge is -2.20. The molecule has 0 spiro atoms. The Kier molecular flexibility index (Phi) is 4.83. The average Bonchev–Trinajstić information content (AvgIpc) is 3.19. The number of carboxylic acid groups (broad SMARTS) is 1. The molecule has 7 heteroatoms. The molecule has 2 aliphatic rings. The van der Waals surface area contributed by atoms with Crippen LogP contribution in [0.5, 0.6) is 0 Å². The second-order valence-corrected chi connectivity index (χ2v) is 8.04. The molecule has 2 fully saturated rings. The number of hydrogen-bond donors (Lipinski definition) is 2. The van der Waals surface area contributed by atoms with E-state index in [1.54, 1.807) is 0 Å². The quantitative estimate of drug-likeness (QED) is 0.885. The topological polar surface area (TPSA) is 69.6 Å². The first-order chi connectivity index (χ1) is 10.6. The van der Waals surface area contributed by atoms with Gasteiger partial charge < -0.3 is 10.4 Å². The molecule has 2 amide bonds. The van der Waals surface area contributed by atoms with Crippen LogP contribution in [0, 0.1) is 0 Å². The molecule has 0 radical (unpaired) electrons. The highest BCUT2D eigenvalue weighted by molar-refractivity contribution is 8.19. The number of hydrogen-bond acceptors (Lipinski definition) is 4. The van der Waals surface area contributed by atoms with Crippen molar-refractivity contribution in [1.82, 2.24) is 4.90 Å². The molecule has 2 aliphatic heterocycles. The lowest BCUT2D eigenvalue weighted by atomic mass is 10.2. The number of carbonyl (C=O) groups excluding carboxylic acids is 1. The van der Waals surface area contributed by atoms with Gasteiger partial charge in [0.15, 0.2) is 0 Å². The first-order valence-corrected chi connectivity index (χ1v) is 9.38. The smallest absolute Gasteiger partial charge is 0.407 e. The highest BCUT2D eigenvalue weighted by Crippen LogP contribution is 2.45. The van der Waals surface area contributed by atoms with Crippen LogP contribution in [-0.4, -0.2) is 46.1 Å². The Morgan fingerprint density at radius 3 is 2.50 bits per heavy atom. The molecule has 0 aromatic heterocycles. The largest absolute Gasteiger partial charge is 0.465 e. The van der Waals surface area contributed by atoms with Gasteiger partial charge in [0.1, 0.15) is 6.04 Å². The lowest BCUT2D eigenvalue weighted by molar-refractivity contribution is -0.119. The highest BCUT2D eigenvalue weighted by atomic mass is 32.2. The van der Waals surface area contributed by atoms with E-state index in [1.165, 1.54) is 22.0 Å². The second-order valence-electron chi connectivity index (χ2n) is 5.32. The summed E-state index contributed by atoms with van der Waals surface area (Å²) in [6.07, 6.45) is 0.300. The van der Waals surface area contributed by atoms with Crippen LogP contribution in [0.2, 0.25) is 0 Å². The van der Waals surface area contributed by atoms with Crippen molar-refractivity contribution in [2.45, 2.75) is 23.5 Å². The Morgan fingerprint density at radius 2 is 1.86 bits per heavy atom. The number of anilines is 1. The van der Waals surface area contributed by atoms with Gasteiger partial charge in [-0.2, -0.15) is 0 Å². The Bertz CT molecular complexity index is 558. The Labute approximate surface area is 137 Å². The molecule has 2 N–H and O–H groups in total. The molecular weight excluding hydrogens is 320 g/mol. The second kappa shape index (κ2) is 6.83. The summed E-state index contributed by atoms with van der Waals surface area (Å²) in [5.41, 5.74) is 1.98. The zero-order valence-electron chi connectivity index (χ0n) is 12.0. The zero-order valence-corrected chi connectivity index (χ0v) is 13.7. The minimum Gasteiger partial charge on any atom is -0.465 e. The molecule has 1 aromatic carbocycles. The normalized spacial score (nSPS) is 22.0. The molecule has 5 nitrogen and oxygen atoms in total. The van der Waals surface area contributed by atoms with Gasteiger partial charge in [-0.3, -0.25) is 9.69 Å². The molecule has 1 aromatic rings.